The zero-order chi connectivity index (χ0) is 12.6. The fourth-order valence-electron chi connectivity index (χ4n) is 1.22. The molecule has 0 bridgehead atoms. The van der Waals surface area contributed by atoms with Gasteiger partial charge in [0.05, 0.1) is 12.0 Å². The second-order valence-corrected chi connectivity index (χ2v) is 4.00. The molecule has 2 atom stereocenters. The third kappa shape index (κ3) is 5.95. The van der Waals surface area contributed by atoms with Crippen LogP contribution in [0, 0.1) is 0 Å². The molecule has 0 fully saturated rings. The van der Waals surface area contributed by atoms with Gasteiger partial charge in [-0.25, -0.2) is 4.79 Å². The highest BCUT2D eigenvalue weighted by molar-refractivity contribution is 6.22. The first-order valence-electron chi connectivity index (χ1n) is 5.50. The van der Waals surface area contributed by atoms with E-state index in [2.05, 4.69) is 0 Å². The summed E-state index contributed by atoms with van der Waals surface area (Å²) in [5.74, 6) is -1.10. The summed E-state index contributed by atoms with van der Waals surface area (Å²) in [5, 5.41) is -0.525. The maximum Gasteiger partial charge on any atom is 0.349 e. The minimum atomic E-state index is -0.995. The number of hydrogen-bond donors (Lipinski definition) is 0. The highest BCUT2D eigenvalue weighted by Gasteiger charge is 2.30. The minimum absolute atomic E-state index is 0.244. The SMILES string of the molecule is CCCC[C@@H](Cl)[C@H](OC(C)=O)C(=O)OCC. The summed E-state index contributed by atoms with van der Waals surface area (Å²) in [6.07, 6.45) is 1.48. The molecule has 5 heteroatoms. The molecule has 0 spiro atoms. The number of unbranched alkanes of at least 4 members (excludes halogenated alkanes) is 1. The van der Waals surface area contributed by atoms with Crippen molar-refractivity contribution in [3.8, 4) is 0 Å². The lowest BCUT2D eigenvalue weighted by molar-refractivity contribution is -0.166. The number of esters is 2. The van der Waals surface area contributed by atoms with Gasteiger partial charge in [0.15, 0.2) is 0 Å². The van der Waals surface area contributed by atoms with Gasteiger partial charge in [-0.3, -0.25) is 4.79 Å². The smallest absolute Gasteiger partial charge is 0.349 e. The van der Waals surface area contributed by atoms with Crippen LogP contribution < -0.4 is 0 Å². The van der Waals surface area contributed by atoms with Crippen LogP contribution in [0.25, 0.3) is 0 Å². The van der Waals surface area contributed by atoms with Crippen molar-refractivity contribution >= 4 is 23.5 Å². The number of alkyl halides is 1. The largest absolute Gasteiger partial charge is 0.463 e. The highest BCUT2D eigenvalue weighted by atomic mass is 35.5. The molecule has 0 amide bonds. The Bertz CT molecular complexity index is 230. The molecule has 0 N–H and O–H groups in total. The third-order valence-corrected chi connectivity index (χ3v) is 2.42. The van der Waals surface area contributed by atoms with Crippen molar-refractivity contribution in [2.45, 2.75) is 51.5 Å². The number of ether oxygens (including phenoxy) is 2. The van der Waals surface area contributed by atoms with E-state index in [4.69, 9.17) is 21.1 Å². The monoisotopic (exact) mass is 250 g/mol. The van der Waals surface area contributed by atoms with Gasteiger partial charge in [-0.05, 0) is 13.3 Å². The predicted octanol–water partition coefficient (Wildman–Crippen LogP) is 2.28. The van der Waals surface area contributed by atoms with Gasteiger partial charge in [0, 0.05) is 6.92 Å². The van der Waals surface area contributed by atoms with E-state index in [9.17, 15) is 9.59 Å². The normalized spacial score (nSPS) is 14.0. The Morgan fingerprint density at radius 1 is 1.31 bits per heavy atom. The lowest BCUT2D eigenvalue weighted by atomic mass is 10.1. The van der Waals surface area contributed by atoms with Crippen LogP contribution in [0.3, 0.4) is 0 Å². The highest BCUT2D eigenvalue weighted by Crippen LogP contribution is 2.16. The summed E-state index contributed by atoms with van der Waals surface area (Å²) in [4.78, 5) is 22.4. The fraction of sp³-hybridized carbons (Fsp3) is 0.818. The van der Waals surface area contributed by atoms with Gasteiger partial charge in [-0.2, -0.15) is 0 Å². The summed E-state index contributed by atoms with van der Waals surface area (Å²) in [6, 6.07) is 0. The van der Waals surface area contributed by atoms with E-state index in [1.807, 2.05) is 6.92 Å². The van der Waals surface area contributed by atoms with Crippen molar-refractivity contribution in [3.05, 3.63) is 0 Å². The maximum absolute atomic E-state index is 11.5. The maximum atomic E-state index is 11.5. The number of hydrogen-bond acceptors (Lipinski definition) is 4. The lowest BCUT2D eigenvalue weighted by Gasteiger charge is -2.20. The van der Waals surface area contributed by atoms with Gasteiger partial charge >= 0.3 is 11.9 Å². The summed E-state index contributed by atoms with van der Waals surface area (Å²) in [6.45, 7) is 5.20. The summed E-state index contributed by atoms with van der Waals surface area (Å²) in [7, 11) is 0. The molecule has 0 aliphatic carbocycles. The Morgan fingerprint density at radius 2 is 1.94 bits per heavy atom. The molecule has 0 radical (unpaired) electrons. The molecular formula is C11H19ClO4. The van der Waals surface area contributed by atoms with E-state index in [1.165, 1.54) is 6.92 Å². The van der Waals surface area contributed by atoms with Crippen molar-refractivity contribution in [2.75, 3.05) is 6.61 Å². The van der Waals surface area contributed by atoms with E-state index >= 15 is 0 Å². The molecule has 0 unspecified atom stereocenters. The first-order valence-corrected chi connectivity index (χ1v) is 5.94. The van der Waals surface area contributed by atoms with Crippen LogP contribution in [0.1, 0.15) is 40.0 Å². The Morgan fingerprint density at radius 3 is 2.38 bits per heavy atom. The van der Waals surface area contributed by atoms with Gasteiger partial charge in [0.2, 0.25) is 6.10 Å². The Balaban J connectivity index is 4.39. The molecule has 0 heterocycles. The molecule has 0 aromatic rings. The van der Waals surface area contributed by atoms with Crippen LogP contribution in [0.15, 0.2) is 0 Å². The molecule has 16 heavy (non-hydrogen) atoms. The topological polar surface area (TPSA) is 52.6 Å². The second-order valence-electron chi connectivity index (χ2n) is 3.44. The van der Waals surface area contributed by atoms with Crippen LogP contribution in [0.2, 0.25) is 0 Å². The number of rotatable bonds is 7. The lowest BCUT2D eigenvalue weighted by Crippen LogP contribution is -2.36. The molecule has 0 saturated heterocycles. The van der Waals surface area contributed by atoms with Gasteiger partial charge in [-0.1, -0.05) is 19.8 Å². The van der Waals surface area contributed by atoms with Crippen molar-refractivity contribution < 1.29 is 19.1 Å². The van der Waals surface area contributed by atoms with Crippen LogP contribution >= 0.6 is 11.6 Å². The van der Waals surface area contributed by atoms with E-state index in [0.29, 0.717) is 6.42 Å². The Kier molecular flexibility index (Phi) is 7.99. The van der Waals surface area contributed by atoms with Crippen LogP contribution in [-0.2, 0) is 19.1 Å². The van der Waals surface area contributed by atoms with Crippen molar-refractivity contribution in [1.29, 1.82) is 0 Å². The Labute approximate surface area is 101 Å². The van der Waals surface area contributed by atoms with Crippen molar-refractivity contribution in [1.82, 2.24) is 0 Å². The number of halogens is 1. The molecule has 0 aromatic heterocycles. The molecular weight excluding hydrogens is 232 g/mol. The molecule has 0 aliphatic rings. The predicted molar refractivity (Wildman–Crippen MR) is 61.4 cm³/mol. The average molecular weight is 251 g/mol. The summed E-state index contributed by atoms with van der Waals surface area (Å²) >= 11 is 6.02. The molecule has 0 rings (SSSR count). The van der Waals surface area contributed by atoms with E-state index < -0.39 is 23.4 Å². The summed E-state index contributed by atoms with van der Waals surface area (Å²) in [5.41, 5.74) is 0. The minimum Gasteiger partial charge on any atom is -0.463 e. The van der Waals surface area contributed by atoms with E-state index in [0.717, 1.165) is 12.8 Å². The molecule has 4 nitrogen and oxygen atoms in total. The van der Waals surface area contributed by atoms with E-state index in [1.54, 1.807) is 6.92 Å². The van der Waals surface area contributed by atoms with Crippen LogP contribution in [0.5, 0.6) is 0 Å². The standard InChI is InChI=1S/C11H19ClO4/c1-4-6-7-9(12)10(16-8(3)13)11(14)15-5-2/h9-10H,4-7H2,1-3H3/t9-,10+/m1/s1. The zero-order valence-corrected chi connectivity index (χ0v) is 10.8. The third-order valence-electron chi connectivity index (χ3n) is 1.97. The van der Waals surface area contributed by atoms with Crippen LogP contribution in [-0.4, -0.2) is 30.0 Å². The first-order chi connectivity index (χ1) is 7.52. The van der Waals surface area contributed by atoms with Gasteiger partial charge in [0.25, 0.3) is 0 Å². The molecule has 94 valence electrons. The Hall–Kier alpha value is -0.770. The fourth-order valence-corrected chi connectivity index (χ4v) is 1.53. The molecule has 0 aliphatic heterocycles. The van der Waals surface area contributed by atoms with Crippen LogP contribution in [0.4, 0.5) is 0 Å². The number of carbonyl (C=O) groups is 2. The quantitative estimate of drug-likeness (QED) is 0.514. The average Bonchev–Trinajstić information content (AvgIpc) is 2.22. The van der Waals surface area contributed by atoms with Crippen molar-refractivity contribution in [3.63, 3.8) is 0 Å². The molecule has 0 saturated carbocycles. The van der Waals surface area contributed by atoms with Gasteiger partial charge < -0.3 is 9.47 Å². The molecule has 0 aromatic carbocycles. The second kappa shape index (κ2) is 8.39. The number of carbonyl (C=O) groups excluding carboxylic acids is 2. The van der Waals surface area contributed by atoms with Gasteiger partial charge in [0.1, 0.15) is 0 Å². The first kappa shape index (κ1) is 15.2. The van der Waals surface area contributed by atoms with Gasteiger partial charge in [-0.15, -0.1) is 11.6 Å². The van der Waals surface area contributed by atoms with Crippen molar-refractivity contribution in [2.24, 2.45) is 0 Å². The zero-order valence-electron chi connectivity index (χ0n) is 9.99. The van der Waals surface area contributed by atoms with E-state index in [-0.39, 0.29) is 6.61 Å². The summed E-state index contributed by atoms with van der Waals surface area (Å²) < 4.78 is 9.68.